The van der Waals surface area contributed by atoms with Crippen molar-refractivity contribution in [1.82, 2.24) is 9.88 Å². The molecule has 1 aliphatic rings. The van der Waals surface area contributed by atoms with Crippen LogP contribution in [0.3, 0.4) is 0 Å². The fraction of sp³-hybridized carbons (Fsp3) is 0.261. The van der Waals surface area contributed by atoms with E-state index < -0.39 is 0 Å². The molecule has 3 heterocycles. The van der Waals surface area contributed by atoms with Crippen molar-refractivity contribution in [3.63, 3.8) is 0 Å². The van der Waals surface area contributed by atoms with Crippen molar-refractivity contribution in [3.05, 3.63) is 65.1 Å². The minimum atomic E-state index is -0.116. The molecular formula is C23H26CaN3O3P. The zero-order valence-electron chi connectivity index (χ0n) is 17.1. The van der Waals surface area contributed by atoms with Crippen molar-refractivity contribution in [1.29, 1.82) is 0 Å². The van der Waals surface area contributed by atoms with Gasteiger partial charge in [-0.1, -0.05) is 18.2 Å². The Labute approximate surface area is 213 Å². The molecule has 1 atom stereocenters. The molecule has 3 aromatic rings. The molecule has 0 aliphatic carbocycles. The summed E-state index contributed by atoms with van der Waals surface area (Å²) in [6, 6.07) is 9.87. The molecule has 2 amide bonds. The molecule has 1 aromatic carbocycles. The van der Waals surface area contributed by atoms with E-state index in [1.165, 1.54) is 0 Å². The molecule has 0 radical (unpaired) electrons. The third-order valence-electron chi connectivity index (χ3n) is 5.43. The molecule has 0 fully saturated rings. The number of anilines is 1. The molecule has 0 spiro atoms. The summed E-state index contributed by atoms with van der Waals surface area (Å²) in [5.74, 6) is 1.47. The van der Waals surface area contributed by atoms with E-state index in [1.807, 2.05) is 37.3 Å². The Balaban J connectivity index is 0.00000272. The number of benzene rings is 1. The first-order valence-corrected chi connectivity index (χ1v) is 10.7. The summed E-state index contributed by atoms with van der Waals surface area (Å²) < 4.78 is 5.91. The number of aryl methyl sites for hydroxylation is 2. The molecule has 0 bridgehead atoms. The normalized spacial score (nSPS) is 13.4. The SMILES string of the molecule is Cc1c(CN(C)C(=O)C=Cc2cnc3c(c2)CCC(=O)N3CP)oc2ccccc12.[CaH2]. The number of furan rings is 1. The van der Waals surface area contributed by atoms with Gasteiger partial charge in [0.15, 0.2) is 0 Å². The number of rotatable bonds is 5. The Morgan fingerprint density at radius 1 is 1.32 bits per heavy atom. The predicted molar refractivity (Wildman–Crippen MR) is 130 cm³/mol. The van der Waals surface area contributed by atoms with Gasteiger partial charge in [0.25, 0.3) is 0 Å². The monoisotopic (exact) mass is 463 g/mol. The molecule has 1 aliphatic heterocycles. The molecule has 0 saturated carbocycles. The summed E-state index contributed by atoms with van der Waals surface area (Å²) in [4.78, 5) is 32.3. The van der Waals surface area contributed by atoms with E-state index in [1.54, 1.807) is 35.2 Å². The van der Waals surface area contributed by atoms with Crippen molar-refractivity contribution < 1.29 is 14.0 Å². The second kappa shape index (κ2) is 10.3. The van der Waals surface area contributed by atoms with Gasteiger partial charge >= 0.3 is 37.7 Å². The number of hydrogen-bond acceptors (Lipinski definition) is 4. The molecule has 8 heteroatoms. The number of carbonyl (C=O) groups is 2. The average molecular weight is 464 g/mol. The van der Waals surface area contributed by atoms with Gasteiger partial charge in [-0.05, 0) is 42.7 Å². The summed E-state index contributed by atoms with van der Waals surface area (Å²) in [6.45, 7) is 2.41. The van der Waals surface area contributed by atoms with Crippen molar-refractivity contribution in [2.75, 3.05) is 18.2 Å². The number of carbonyl (C=O) groups excluding carboxylic acids is 2. The van der Waals surface area contributed by atoms with Crippen molar-refractivity contribution in [3.8, 4) is 0 Å². The number of amides is 2. The molecule has 31 heavy (non-hydrogen) atoms. The van der Waals surface area contributed by atoms with E-state index in [0.717, 1.165) is 33.4 Å². The van der Waals surface area contributed by atoms with Gasteiger partial charge < -0.3 is 9.32 Å². The Morgan fingerprint density at radius 3 is 2.84 bits per heavy atom. The van der Waals surface area contributed by atoms with Crippen LogP contribution < -0.4 is 4.90 Å². The third-order valence-corrected chi connectivity index (χ3v) is 5.79. The maximum atomic E-state index is 12.6. The van der Waals surface area contributed by atoms with Crippen molar-refractivity contribution in [2.24, 2.45) is 0 Å². The van der Waals surface area contributed by atoms with E-state index in [2.05, 4.69) is 14.2 Å². The number of nitrogens with zero attached hydrogens (tertiary/aromatic N) is 3. The molecular weight excluding hydrogens is 437 g/mol. The van der Waals surface area contributed by atoms with Crippen LogP contribution in [0.15, 0.2) is 47.0 Å². The number of fused-ring (bicyclic) bond motifs is 2. The second-order valence-electron chi connectivity index (χ2n) is 7.43. The number of likely N-dealkylation sites (N-methyl/N-ethyl adjacent to an activating group) is 1. The summed E-state index contributed by atoms with van der Waals surface area (Å²) >= 11 is 0. The van der Waals surface area contributed by atoms with Crippen LogP contribution in [0.2, 0.25) is 0 Å². The zero-order valence-corrected chi connectivity index (χ0v) is 18.2. The Kier molecular flexibility index (Phi) is 7.92. The van der Waals surface area contributed by atoms with Crippen molar-refractivity contribution >= 4 is 81.7 Å². The first-order valence-electron chi connectivity index (χ1n) is 9.87. The third kappa shape index (κ3) is 5.04. The number of aromatic nitrogens is 1. The topological polar surface area (TPSA) is 66.7 Å². The van der Waals surface area contributed by atoms with Gasteiger partial charge in [0.2, 0.25) is 11.8 Å². The summed E-state index contributed by atoms with van der Waals surface area (Å²) in [5, 5.41) is 1.07. The van der Waals surface area contributed by atoms with Gasteiger partial charge in [-0.2, -0.15) is 0 Å². The first-order chi connectivity index (χ1) is 14.5. The van der Waals surface area contributed by atoms with Crippen LogP contribution in [-0.2, 0) is 22.6 Å². The molecule has 4 rings (SSSR count). The number of hydrogen-bond donors (Lipinski definition) is 0. The summed E-state index contributed by atoms with van der Waals surface area (Å²) in [7, 11) is 4.32. The van der Waals surface area contributed by atoms with Gasteiger partial charge in [0.05, 0.1) is 6.54 Å². The fourth-order valence-corrected chi connectivity index (χ4v) is 4.06. The van der Waals surface area contributed by atoms with Crippen LogP contribution in [0.25, 0.3) is 17.0 Å². The Hall–Kier alpha value is -1.72. The quantitative estimate of drug-likeness (QED) is 0.332. The molecule has 2 aromatic heterocycles. The van der Waals surface area contributed by atoms with Gasteiger partial charge in [-0.15, -0.1) is 9.24 Å². The van der Waals surface area contributed by atoms with Crippen LogP contribution in [0, 0.1) is 6.92 Å². The summed E-state index contributed by atoms with van der Waals surface area (Å²) in [5.41, 5.74) is 3.76. The molecule has 1 unspecified atom stereocenters. The van der Waals surface area contributed by atoms with Crippen LogP contribution in [0.4, 0.5) is 5.82 Å². The molecule has 6 nitrogen and oxygen atoms in total. The summed E-state index contributed by atoms with van der Waals surface area (Å²) in [6.07, 6.45) is 6.68. The average Bonchev–Trinajstić information content (AvgIpc) is 3.07. The van der Waals surface area contributed by atoms with Crippen LogP contribution in [0.1, 0.15) is 28.9 Å². The number of para-hydroxylation sites is 1. The first kappa shape index (κ1) is 23.9. The molecule has 0 saturated heterocycles. The number of pyridine rings is 1. The van der Waals surface area contributed by atoms with Gasteiger partial charge in [-0.25, -0.2) is 4.98 Å². The fourth-order valence-electron chi connectivity index (χ4n) is 3.69. The maximum absolute atomic E-state index is 12.6. The van der Waals surface area contributed by atoms with Gasteiger partial charge in [0, 0.05) is 43.0 Å². The van der Waals surface area contributed by atoms with E-state index >= 15 is 0 Å². The zero-order chi connectivity index (χ0) is 21.3. The van der Waals surface area contributed by atoms with E-state index in [9.17, 15) is 9.59 Å². The van der Waals surface area contributed by atoms with Gasteiger partial charge in [-0.3, -0.25) is 14.5 Å². The second-order valence-corrected chi connectivity index (χ2v) is 7.79. The van der Waals surface area contributed by atoms with Crippen LogP contribution in [0.5, 0.6) is 0 Å². The minimum absolute atomic E-state index is 0. The van der Waals surface area contributed by atoms with Crippen LogP contribution in [-0.4, -0.2) is 72.8 Å². The molecule has 0 N–H and O–H groups in total. The Bertz CT molecular complexity index is 1160. The standard InChI is InChI=1S/C23H24N3O3P.Ca.2H/c1-15-18-5-3-4-6-19(18)29-20(15)13-25(2)21(27)9-7-16-11-17-8-10-22(28)26(14-30)23(17)24-12-16;;;/h3-7,9,11-12H,8,10,13-14,30H2,1-2H3;;;. The van der Waals surface area contributed by atoms with E-state index in [-0.39, 0.29) is 49.6 Å². The van der Waals surface area contributed by atoms with E-state index in [0.29, 0.717) is 31.5 Å². The van der Waals surface area contributed by atoms with Gasteiger partial charge in [0.1, 0.15) is 17.2 Å². The van der Waals surface area contributed by atoms with Crippen molar-refractivity contribution in [2.45, 2.75) is 26.3 Å². The molecule has 158 valence electrons. The predicted octanol–water partition coefficient (Wildman–Crippen LogP) is 3.00. The van der Waals surface area contributed by atoms with Crippen LogP contribution >= 0.6 is 9.24 Å². The Morgan fingerprint density at radius 2 is 2.10 bits per heavy atom. The van der Waals surface area contributed by atoms with E-state index in [4.69, 9.17) is 4.42 Å².